The van der Waals surface area contributed by atoms with Gasteiger partial charge in [-0.2, -0.15) is 0 Å². The highest BCUT2D eigenvalue weighted by atomic mass is 79.9. The number of anilines is 1. The third-order valence-corrected chi connectivity index (χ3v) is 5.31. The molecule has 2 aromatic rings. The molecule has 1 aromatic heterocycles. The lowest BCUT2D eigenvalue weighted by Crippen LogP contribution is -2.00. The number of benzene rings is 1. The van der Waals surface area contributed by atoms with E-state index in [2.05, 4.69) is 72.2 Å². The van der Waals surface area contributed by atoms with Crippen LogP contribution in [0.4, 0.5) is 5.69 Å². The first-order valence-electron chi connectivity index (χ1n) is 6.51. The largest absolute Gasteiger partial charge is 0.464 e. The van der Waals surface area contributed by atoms with Crippen molar-refractivity contribution in [3.05, 3.63) is 49.2 Å². The second kappa shape index (κ2) is 5.85. The van der Waals surface area contributed by atoms with Gasteiger partial charge >= 0.3 is 0 Å². The minimum atomic E-state index is 0.634. The number of nitrogens with one attached hydrogen (secondary N) is 1. The molecule has 2 atom stereocenters. The highest BCUT2D eigenvalue weighted by molar-refractivity contribution is 9.11. The molecule has 3 rings (SSSR count). The predicted molar refractivity (Wildman–Crippen MR) is 92.1 cm³/mol. The van der Waals surface area contributed by atoms with Crippen molar-refractivity contribution in [2.45, 2.75) is 25.8 Å². The lowest BCUT2D eigenvalue weighted by molar-refractivity contribution is 0.468. The minimum Gasteiger partial charge on any atom is -0.464 e. The van der Waals surface area contributed by atoms with Gasteiger partial charge in [0.1, 0.15) is 11.5 Å². The van der Waals surface area contributed by atoms with Gasteiger partial charge in [0.05, 0.1) is 12.2 Å². The molecule has 0 radical (unpaired) electrons. The van der Waals surface area contributed by atoms with Crippen LogP contribution in [0.3, 0.4) is 0 Å². The van der Waals surface area contributed by atoms with E-state index in [4.69, 9.17) is 4.42 Å². The molecule has 0 saturated heterocycles. The summed E-state index contributed by atoms with van der Waals surface area (Å²) in [6.07, 6.45) is 1.25. The molecule has 2 unspecified atom stereocenters. The monoisotopic (exact) mass is 461 g/mol. The summed E-state index contributed by atoms with van der Waals surface area (Å²) in [6, 6.07) is 8.21. The van der Waals surface area contributed by atoms with Gasteiger partial charge in [-0.3, -0.25) is 0 Å². The maximum absolute atomic E-state index is 5.90. The van der Waals surface area contributed by atoms with Crippen molar-refractivity contribution in [2.75, 3.05) is 5.32 Å². The molecule has 2 nitrogen and oxygen atoms in total. The van der Waals surface area contributed by atoms with Crippen molar-refractivity contribution in [2.24, 2.45) is 5.92 Å². The van der Waals surface area contributed by atoms with Gasteiger partial charge in [0, 0.05) is 19.3 Å². The van der Waals surface area contributed by atoms with E-state index in [1.54, 1.807) is 0 Å². The van der Waals surface area contributed by atoms with Crippen LogP contribution >= 0.6 is 47.8 Å². The minimum absolute atomic E-state index is 0.634. The molecule has 0 spiro atoms. The van der Waals surface area contributed by atoms with Crippen molar-refractivity contribution in [3.63, 3.8) is 0 Å². The van der Waals surface area contributed by atoms with Gasteiger partial charge in [-0.1, -0.05) is 22.9 Å². The Morgan fingerprint density at radius 3 is 2.45 bits per heavy atom. The van der Waals surface area contributed by atoms with E-state index in [0.29, 0.717) is 12.5 Å². The molecule has 0 aliphatic heterocycles. The summed E-state index contributed by atoms with van der Waals surface area (Å²) in [6.45, 7) is 2.95. The van der Waals surface area contributed by atoms with E-state index in [9.17, 15) is 0 Å². The maximum atomic E-state index is 5.90. The van der Waals surface area contributed by atoms with Crippen molar-refractivity contribution in [1.29, 1.82) is 0 Å². The second-order valence-corrected chi connectivity index (χ2v) is 7.85. The van der Waals surface area contributed by atoms with Crippen LogP contribution in [-0.4, -0.2) is 0 Å². The van der Waals surface area contributed by atoms with Crippen LogP contribution < -0.4 is 5.32 Å². The van der Waals surface area contributed by atoms with Gasteiger partial charge in [0.15, 0.2) is 0 Å². The number of rotatable bonds is 4. The van der Waals surface area contributed by atoms with E-state index < -0.39 is 0 Å². The molecular formula is C15H14Br3NO. The summed E-state index contributed by atoms with van der Waals surface area (Å²) in [5.74, 6) is 3.51. The van der Waals surface area contributed by atoms with E-state index >= 15 is 0 Å². The summed E-state index contributed by atoms with van der Waals surface area (Å²) in [5, 5.41) is 3.40. The Morgan fingerprint density at radius 2 is 1.85 bits per heavy atom. The highest BCUT2D eigenvalue weighted by Crippen LogP contribution is 2.47. The summed E-state index contributed by atoms with van der Waals surface area (Å²) >= 11 is 10.6. The van der Waals surface area contributed by atoms with Gasteiger partial charge in [-0.25, -0.2) is 0 Å². The topological polar surface area (TPSA) is 25.2 Å². The van der Waals surface area contributed by atoms with Crippen LogP contribution in [0.2, 0.25) is 0 Å². The first-order chi connectivity index (χ1) is 9.54. The van der Waals surface area contributed by atoms with Crippen molar-refractivity contribution in [3.8, 4) is 0 Å². The molecule has 1 saturated carbocycles. The molecule has 1 aliphatic carbocycles. The number of furan rings is 1. The molecule has 1 heterocycles. The van der Waals surface area contributed by atoms with Crippen LogP contribution in [-0.2, 0) is 6.54 Å². The highest BCUT2D eigenvalue weighted by Gasteiger charge is 2.36. The van der Waals surface area contributed by atoms with E-state index in [1.807, 2.05) is 12.1 Å². The van der Waals surface area contributed by atoms with Gasteiger partial charge in [0.2, 0.25) is 0 Å². The van der Waals surface area contributed by atoms with E-state index in [1.165, 1.54) is 6.42 Å². The van der Waals surface area contributed by atoms with Gasteiger partial charge in [0.25, 0.3) is 0 Å². The smallest absolute Gasteiger partial charge is 0.123 e. The maximum Gasteiger partial charge on any atom is 0.123 e. The van der Waals surface area contributed by atoms with E-state index in [0.717, 1.165) is 36.5 Å². The average molecular weight is 464 g/mol. The van der Waals surface area contributed by atoms with Gasteiger partial charge in [-0.05, 0) is 68.5 Å². The summed E-state index contributed by atoms with van der Waals surface area (Å²) in [4.78, 5) is 0. The standard InChI is InChI=1S/C15H14Br3NO/c1-8-4-11(8)14-3-2-10(20-14)7-19-15-12(17)5-9(16)6-13(15)18/h2-3,5-6,8,11,19H,4,7H2,1H3. The first kappa shape index (κ1) is 14.7. The van der Waals surface area contributed by atoms with Crippen LogP contribution in [0.5, 0.6) is 0 Å². The molecule has 1 aliphatic rings. The molecular weight excluding hydrogens is 450 g/mol. The third-order valence-electron chi connectivity index (χ3n) is 3.60. The van der Waals surface area contributed by atoms with Gasteiger partial charge in [-0.15, -0.1) is 0 Å². The first-order valence-corrected chi connectivity index (χ1v) is 8.89. The number of hydrogen-bond donors (Lipinski definition) is 1. The van der Waals surface area contributed by atoms with Crippen LogP contribution in [0, 0.1) is 5.92 Å². The Hall–Kier alpha value is -0.260. The Kier molecular flexibility index (Phi) is 4.29. The molecule has 1 fully saturated rings. The number of hydrogen-bond acceptors (Lipinski definition) is 2. The third kappa shape index (κ3) is 3.15. The zero-order valence-electron chi connectivity index (χ0n) is 10.9. The molecule has 106 valence electrons. The lowest BCUT2D eigenvalue weighted by atomic mass is 10.3. The summed E-state index contributed by atoms with van der Waals surface area (Å²) in [5.41, 5.74) is 1.03. The SMILES string of the molecule is CC1CC1c1ccc(CNc2c(Br)cc(Br)cc2Br)o1. The Bertz CT molecular complexity index is 615. The average Bonchev–Trinajstić information content (AvgIpc) is 2.92. The second-order valence-electron chi connectivity index (χ2n) is 5.22. The number of halogens is 3. The zero-order valence-corrected chi connectivity index (χ0v) is 15.7. The van der Waals surface area contributed by atoms with Crippen molar-refractivity contribution >= 4 is 53.5 Å². The fraction of sp³-hybridized carbons (Fsp3) is 0.333. The van der Waals surface area contributed by atoms with Crippen molar-refractivity contribution in [1.82, 2.24) is 0 Å². The molecule has 1 aromatic carbocycles. The molecule has 0 amide bonds. The van der Waals surface area contributed by atoms with Crippen LogP contribution in [0.15, 0.2) is 42.1 Å². The van der Waals surface area contributed by atoms with Crippen LogP contribution in [0.25, 0.3) is 0 Å². The summed E-state index contributed by atoms with van der Waals surface area (Å²) in [7, 11) is 0. The van der Waals surface area contributed by atoms with Gasteiger partial charge < -0.3 is 9.73 Å². The van der Waals surface area contributed by atoms with E-state index in [-0.39, 0.29) is 0 Å². The molecule has 5 heteroatoms. The fourth-order valence-electron chi connectivity index (χ4n) is 2.29. The predicted octanol–water partition coefficient (Wildman–Crippen LogP) is 6.30. The Balaban J connectivity index is 1.69. The Morgan fingerprint density at radius 1 is 1.20 bits per heavy atom. The lowest BCUT2D eigenvalue weighted by Gasteiger charge is -2.10. The van der Waals surface area contributed by atoms with Crippen LogP contribution in [0.1, 0.15) is 30.8 Å². The normalized spacial score (nSPS) is 21.0. The zero-order chi connectivity index (χ0) is 14.3. The Labute approximate surface area is 143 Å². The summed E-state index contributed by atoms with van der Waals surface area (Å²) < 4.78 is 8.96. The molecule has 1 N–H and O–H groups in total. The quantitative estimate of drug-likeness (QED) is 0.575. The molecule has 20 heavy (non-hydrogen) atoms. The molecule has 0 bridgehead atoms. The fourth-order valence-corrected chi connectivity index (χ4v) is 4.83. The van der Waals surface area contributed by atoms with Crippen molar-refractivity contribution < 1.29 is 4.42 Å².